The van der Waals surface area contributed by atoms with Crippen LogP contribution < -0.4 is 5.32 Å². The number of sulfonamides is 1. The summed E-state index contributed by atoms with van der Waals surface area (Å²) in [6.07, 6.45) is 2.08. The van der Waals surface area contributed by atoms with Gasteiger partial charge in [-0.15, -0.1) is 0 Å². The van der Waals surface area contributed by atoms with E-state index in [1.807, 2.05) is 0 Å². The van der Waals surface area contributed by atoms with E-state index in [2.05, 4.69) is 10.4 Å². The Balaban J connectivity index is 2.26. The van der Waals surface area contributed by atoms with Gasteiger partial charge in [0.15, 0.2) is 0 Å². The van der Waals surface area contributed by atoms with Crippen molar-refractivity contribution in [3.05, 3.63) is 12.4 Å². The molecular formula is C9H16N4O3S. The highest BCUT2D eigenvalue weighted by atomic mass is 32.2. The van der Waals surface area contributed by atoms with Crippen LogP contribution in [-0.4, -0.2) is 59.9 Å². The zero-order valence-corrected chi connectivity index (χ0v) is 10.6. The van der Waals surface area contributed by atoms with E-state index >= 15 is 0 Å². The first-order valence-electron chi connectivity index (χ1n) is 5.28. The van der Waals surface area contributed by atoms with Crippen LogP contribution in [-0.2, 0) is 17.1 Å². The third kappa shape index (κ3) is 2.21. The fraction of sp³-hybridized carbons (Fsp3) is 0.667. The quantitative estimate of drug-likeness (QED) is 0.681. The van der Waals surface area contributed by atoms with Crippen LogP contribution in [0.5, 0.6) is 0 Å². The molecule has 1 aromatic heterocycles. The molecule has 0 saturated carbocycles. The monoisotopic (exact) mass is 260 g/mol. The SMILES string of the molecule is CN([C@@H]1CNC[C@H]1O)S(=O)(=O)c1cnn(C)c1. The van der Waals surface area contributed by atoms with Gasteiger partial charge in [0, 0.05) is 33.4 Å². The zero-order valence-electron chi connectivity index (χ0n) is 9.74. The first kappa shape index (κ1) is 12.5. The molecule has 0 unspecified atom stereocenters. The van der Waals surface area contributed by atoms with E-state index in [4.69, 9.17) is 0 Å². The molecule has 1 fully saturated rings. The van der Waals surface area contributed by atoms with Gasteiger partial charge in [-0.3, -0.25) is 4.68 Å². The normalized spacial score (nSPS) is 25.6. The first-order valence-corrected chi connectivity index (χ1v) is 6.72. The van der Waals surface area contributed by atoms with Gasteiger partial charge in [-0.05, 0) is 0 Å². The molecule has 2 N–H and O–H groups in total. The van der Waals surface area contributed by atoms with Crippen LogP contribution >= 0.6 is 0 Å². The van der Waals surface area contributed by atoms with Gasteiger partial charge in [-0.2, -0.15) is 9.40 Å². The molecule has 0 radical (unpaired) electrons. The van der Waals surface area contributed by atoms with Crippen LogP contribution in [0.4, 0.5) is 0 Å². The number of β-amino-alcohol motifs (C(OH)–C–C–N with tert-alkyl or cyclic N) is 1. The third-order valence-corrected chi connectivity index (χ3v) is 4.81. The summed E-state index contributed by atoms with van der Waals surface area (Å²) in [4.78, 5) is 0.140. The van der Waals surface area contributed by atoms with Crippen molar-refractivity contribution < 1.29 is 13.5 Å². The summed E-state index contributed by atoms with van der Waals surface area (Å²) < 4.78 is 27.1. The second kappa shape index (κ2) is 4.37. The number of aromatic nitrogens is 2. The van der Waals surface area contributed by atoms with Gasteiger partial charge in [0.2, 0.25) is 10.0 Å². The topological polar surface area (TPSA) is 87.5 Å². The number of nitrogens with one attached hydrogen (secondary N) is 1. The Morgan fingerprint density at radius 2 is 2.29 bits per heavy atom. The average molecular weight is 260 g/mol. The number of likely N-dealkylation sites (N-methyl/N-ethyl adjacent to an activating group) is 1. The molecule has 7 nitrogen and oxygen atoms in total. The highest BCUT2D eigenvalue weighted by Crippen LogP contribution is 2.18. The van der Waals surface area contributed by atoms with Crippen LogP contribution in [0.3, 0.4) is 0 Å². The lowest BCUT2D eigenvalue weighted by Crippen LogP contribution is -2.44. The van der Waals surface area contributed by atoms with Crippen molar-refractivity contribution in [2.45, 2.75) is 17.0 Å². The number of hydrogen-bond acceptors (Lipinski definition) is 5. The lowest BCUT2D eigenvalue weighted by Gasteiger charge is -2.24. The maximum atomic E-state index is 12.2. The molecule has 0 aliphatic carbocycles. The first-order chi connectivity index (χ1) is 7.93. The second-order valence-corrected chi connectivity index (χ2v) is 6.16. The van der Waals surface area contributed by atoms with Crippen LogP contribution in [0.25, 0.3) is 0 Å². The van der Waals surface area contributed by atoms with E-state index < -0.39 is 22.2 Å². The number of rotatable bonds is 3. The molecule has 0 amide bonds. The molecule has 2 atom stereocenters. The standard InChI is InChI=1S/C9H16N4O3S/c1-12-6-7(3-11-12)17(15,16)13(2)8-4-10-5-9(8)14/h3,6,8-10,14H,4-5H2,1-2H3/t8-,9-/m1/s1. The van der Waals surface area contributed by atoms with Crippen molar-refractivity contribution in [2.24, 2.45) is 7.05 Å². The van der Waals surface area contributed by atoms with Gasteiger partial charge in [-0.25, -0.2) is 8.42 Å². The Morgan fingerprint density at radius 3 is 2.76 bits per heavy atom. The van der Waals surface area contributed by atoms with E-state index in [1.165, 1.54) is 28.4 Å². The molecule has 2 rings (SSSR count). The summed E-state index contributed by atoms with van der Waals surface area (Å²) in [5.41, 5.74) is 0. The molecule has 96 valence electrons. The predicted octanol–water partition coefficient (Wildman–Crippen LogP) is -1.63. The summed E-state index contributed by atoms with van der Waals surface area (Å²) in [7, 11) is -0.451. The van der Waals surface area contributed by atoms with Crippen molar-refractivity contribution >= 4 is 10.0 Å². The predicted molar refractivity (Wildman–Crippen MR) is 60.8 cm³/mol. The largest absolute Gasteiger partial charge is 0.390 e. The highest BCUT2D eigenvalue weighted by molar-refractivity contribution is 7.89. The maximum Gasteiger partial charge on any atom is 0.246 e. The molecule has 0 bridgehead atoms. The molecule has 1 aromatic rings. The number of aryl methyl sites for hydroxylation is 1. The Bertz CT molecular complexity index is 498. The van der Waals surface area contributed by atoms with Crippen LogP contribution in [0.1, 0.15) is 0 Å². The van der Waals surface area contributed by atoms with Gasteiger partial charge in [-0.1, -0.05) is 0 Å². The minimum Gasteiger partial charge on any atom is -0.390 e. The van der Waals surface area contributed by atoms with E-state index in [0.29, 0.717) is 13.1 Å². The van der Waals surface area contributed by atoms with Gasteiger partial charge < -0.3 is 10.4 Å². The molecule has 0 aromatic carbocycles. The minimum atomic E-state index is -3.58. The van der Waals surface area contributed by atoms with Gasteiger partial charge in [0.05, 0.1) is 18.3 Å². The molecule has 1 saturated heterocycles. The summed E-state index contributed by atoms with van der Waals surface area (Å²) in [6, 6.07) is -0.430. The summed E-state index contributed by atoms with van der Waals surface area (Å²) >= 11 is 0. The number of aliphatic hydroxyl groups is 1. The van der Waals surface area contributed by atoms with Gasteiger partial charge >= 0.3 is 0 Å². The van der Waals surface area contributed by atoms with E-state index in [-0.39, 0.29) is 4.90 Å². The third-order valence-electron chi connectivity index (χ3n) is 2.98. The van der Waals surface area contributed by atoms with Gasteiger partial charge in [0.25, 0.3) is 0 Å². The molecule has 8 heteroatoms. The summed E-state index contributed by atoms with van der Waals surface area (Å²) in [5, 5.41) is 16.5. The molecule has 1 aliphatic heterocycles. The fourth-order valence-corrected chi connectivity index (χ4v) is 3.27. The lowest BCUT2D eigenvalue weighted by atomic mass is 10.2. The van der Waals surface area contributed by atoms with E-state index in [0.717, 1.165) is 0 Å². The Labute approximate surface area is 100 Å². The minimum absolute atomic E-state index is 0.140. The van der Waals surface area contributed by atoms with Crippen LogP contribution in [0, 0.1) is 0 Å². The molecule has 2 heterocycles. The smallest absolute Gasteiger partial charge is 0.246 e. The number of nitrogens with zero attached hydrogens (tertiary/aromatic N) is 3. The van der Waals surface area contributed by atoms with E-state index in [1.54, 1.807) is 7.05 Å². The summed E-state index contributed by atoms with van der Waals surface area (Å²) in [5.74, 6) is 0. The van der Waals surface area contributed by atoms with Crippen molar-refractivity contribution in [2.75, 3.05) is 20.1 Å². The Morgan fingerprint density at radius 1 is 1.59 bits per heavy atom. The summed E-state index contributed by atoms with van der Waals surface area (Å²) in [6.45, 7) is 0.870. The Kier molecular flexibility index (Phi) is 3.21. The highest BCUT2D eigenvalue weighted by Gasteiger charge is 2.36. The number of aliphatic hydroxyl groups excluding tert-OH is 1. The Hall–Kier alpha value is -0.960. The zero-order chi connectivity index (χ0) is 12.6. The molecule has 17 heavy (non-hydrogen) atoms. The maximum absolute atomic E-state index is 12.2. The van der Waals surface area contributed by atoms with Crippen LogP contribution in [0.15, 0.2) is 17.3 Å². The molecule has 1 aliphatic rings. The molecular weight excluding hydrogens is 244 g/mol. The second-order valence-electron chi connectivity index (χ2n) is 4.16. The number of hydrogen-bond donors (Lipinski definition) is 2. The van der Waals surface area contributed by atoms with Gasteiger partial charge in [0.1, 0.15) is 4.90 Å². The van der Waals surface area contributed by atoms with Crippen LogP contribution in [0.2, 0.25) is 0 Å². The average Bonchev–Trinajstić information content (AvgIpc) is 2.86. The lowest BCUT2D eigenvalue weighted by molar-refractivity contribution is 0.136. The molecule has 0 spiro atoms. The van der Waals surface area contributed by atoms with E-state index in [9.17, 15) is 13.5 Å². The van der Waals surface area contributed by atoms with Crippen molar-refractivity contribution in [3.63, 3.8) is 0 Å². The fourth-order valence-electron chi connectivity index (χ4n) is 1.90. The van der Waals surface area contributed by atoms with Crippen molar-refractivity contribution in [1.82, 2.24) is 19.4 Å². The van der Waals surface area contributed by atoms with Crippen molar-refractivity contribution in [3.8, 4) is 0 Å². The van der Waals surface area contributed by atoms with Crippen molar-refractivity contribution in [1.29, 1.82) is 0 Å².